The van der Waals surface area contributed by atoms with Crippen molar-refractivity contribution in [2.24, 2.45) is 0 Å². The molecule has 0 bridgehead atoms. The molecule has 3 rings (SSSR count). The number of phenols is 3. The predicted molar refractivity (Wildman–Crippen MR) is 58.0 cm³/mol. The van der Waals surface area contributed by atoms with Gasteiger partial charge in [-0.15, -0.1) is 0 Å². The lowest BCUT2D eigenvalue weighted by Gasteiger charge is -2.21. The molecule has 1 heterocycles. The smallest absolute Gasteiger partial charge is 0.211 e. The van der Waals surface area contributed by atoms with Crippen molar-refractivity contribution in [3.63, 3.8) is 0 Å². The minimum atomic E-state index is -0.228. The van der Waals surface area contributed by atoms with Gasteiger partial charge < -0.3 is 24.8 Å². The predicted octanol–water partition coefficient (Wildman–Crippen LogP) is 2.70. The van der Waals surface area contributed by atoms with Crippen molar-refractivity contribution in [3.8, 4) is 40.2 Å². The molecule has 0 atom stereocenters. The van der Waals surface area contributed by atoms with Crippen molar-refractivity contribution in [1.82, 2.24) is 0 Å². The van der Waals surface area contributed by atoms with Crippen molar-refractivity contribution in [3.05, 3.63) is 30.3 Å². The topological polar surface area (TPSA) is 79.2 Å². The van der Waals surface area contributed by atoms with Crippen LogP contribution in [0.25, 0.3) is 0 Å². The normalized spacial score (nSPS) is 12.0. The minimum absolute atomic E-state index is 0.0732. The van der Waals surface area contributed by atoms with Crippen LogP contribution >= 0.6 is 0 Å². The fourth-order valence-electron chi connectivity index (χ4n) is 1.66. The van der Waals surface area contributed by atoms with Crippen LogP contribution in [0.1, 0.15) is 0 Å². The van der Waals surface area contributed by atoms with Crippen LogP contribution in [0.2, 0.25) is 0 Å². The summed E-state index contributed by atoms with van der Waals surface area (Å²) >= 11 is 0. The lowest BCUT2D eigenvalue weighted by atomic mass is 10.2. The number of benzene rings is 2. The van der Waals surface area contributed by atoms with Crippen molar-refractivity contribution in [2.45, 2.75) is 0 Å². The maximum absolute atomic E-state index is 9.60. The highest BCUT2D eigenvalue weighted by Gasteiger charge is 2.24. The molecule has 2 aromatic carbocycles. The molecule has 17 heavy (non-hydrogen) atoms. The first-order valence-corrected chi connectivity index (χ1v) is 4.89. The molecule has 1 aliphatic heterocycles. The van der Waals surface area contributed by atoms with Crippen molar-refractivity contribution in [2.75, 3.05) is 0 Å². The van der Waals surface area contributed by atoms with Crippen LogP contribution in [0.15, 0.2) is 30.3 Å². The molecule has 5 nitrogen and oxygen atoms in total. The highest BCUT2D eigenvalue weighted by Crippen LogP contribution is 2.53. The maximum Gasteiger partial charge on any atom is 0.211 e. The Hall–Kier alpha value is -2.56. The number of aromatic hydroxyl groups is 3. The second-order valence-corrected chi connectivity index (χ2v) is 3.60. The zero-order valence-corrected chi connectivity index (χ0v) is 8.54. The van der Waals surface area contributed by atoms with E-state index in [4.69, 9.17) is 9.47 Å². The summed E-state index contributed by atoms with van der Waals surface area (Å²) in [5, 5.41) is 28.5. The van der Waals surface area contributed by atoms with Crippen molar-refractivity contribution < 1.29 is 24.8 Å². The largest absolute Gasteiger partial charge is 0.508 e. The van der Waals surface area contributed by atoms with Gasteiger partial charge in [-0.25, -0.2) is 0 Å². The monoisotopic (exact) mass is 232 g/mol. The van der Waals surface area contributed by atoms with Gasteiger partial charge in [0.2, 0.25) is 11.5 Å². The Morgan fingerprint density at radius 2 is 1.47 bits per heavy atom. The van der Waals surface area contributed by atoms with Crippen LogP contribution in [0, 0.1) is 0 Å². The Kier molecular flexibility index (Phi) is 1.82. The Morgan fingerprint density at radius 3 is 2.29 bits per heavy atom. The van der Waals surface area contributed by atoms with E-state index in [2.05, 4.69) is 0 Å². The molecule has 2 aromatic rings. The molecule has 86 valence electrons. The Balaban J connectivity index is 2.17. The Morgan fingerprint density at radius 1 is 0.765 bits per heavy atom. The van der Waals surface area contributed by atoms with Crippen LogP contribution in [0.3, 0.4) is 0 Å². The SMILES string of the molecule is Oc1cc(O)c2c(c1)Oc1c(O)cccc1O2. The van der Waals surface area contributed by atoms with E-state index >= 15 is 0 Å². The van der Waals surface area contributed by atoms with E-state index in [1.165, 1.54) is 12.1 Å². The van der Waals surface area contributed by atoms with E-state index in [-0.39, 0.29) is 34.5 Å². The van der Waals surface area contributed by atoms with Crippen LogP contribution < -0.4 is 9.47 Å². The molecular formula is C12H8O5. The number of para-hydroxylation sites is 1. The van der Waals surface area contributed by atoms with E-state index in [1.807, 2.05) is 0 Å². The van der Waals surface area contributed by atoms with Gasteiger partial charge in [-0.2, -0.15) is 0 Å². The maximum atomic E-state index is 9.60. The second-order valence-electron chi connectivity index (χ2n) is 3.60. The number of fused-ring (bicyclic) bond motifs is 2. The summed E-state index contributed by atoms with van der Waals surface area (Å²) in [6.07, 6.45) is 0. The quantitative estimate of drug-likeness (QED) is 0.555. The van der Waals surface area contributed by atoms with Crippen LogP contribution in [-0.4, -0.2) is 15.3 Å². The fourth-order valence-corrected chi connectivity index (χ4v) is 1.66. The Bertz CT molecular complexity index is 606. The van der Waals surface area contributed by atoms with Gasteiger partial charge in [0, 0.05) is 12.1 Å². The molecule has 1 aliphatic rings. The molecule has 3 N–H and O–H groups in total. The molecule has 0 spiro atoms. The number of hydrogen-bond donors (Lipinski definition) is 3. The summed E-state index contributed by atoms with van der Waals surface area (Å²) in [4.78, 5) is 0. The summed E-state index contributed by atoms with van der Waals surface area (Å²) < 4.78 is 10.8. The minimum Gasteiger partial charge on any atom is -0.508 e. The van der Waals surface area contributed by atoms with Gasteiger partial charge >= 0.3 is 0 Å². The van der Waals surface area contributed by atoms with Crippen LogP contribution in [-0.2, 0) is 0 Å². The Labute approximate surface area is 96.1 Å². The first-order chi connectivity index (χ1) is 8.15. The number of ether oxygens (including phenoxy) is 2. The molecule has 0 fully saturated rings. The molecule has 0 aromatic heterocycles. The molecule has 0 unspecified atom stereocenters. The number of rotatable bonds is 0. The molecule has 0 saturated heterocycles. The summed E-state index contributed by atoms with van der Waals surface area (Å²) in [7, 11) is 0. The standard InChI is InChI=1S/C12H8O5/c13-6-4-8(15)12-10(5-6)17-11-7(14)2-1-3-9(11)16-12/h1-5,13-15H. The van der Waals surface area contributed by atoms with Gasteiger partial charge in [0.05, 0.1) is 0 Å². The first kappa shape index (κ1) is 9.65. The lowest BCUT2D eigenvalue weighted by molar-refractivity contribution is 0.318. The average Bonchev–Trinajstić information content (AvgIpc) is 2.28. The lowest BCUT2D eigenvalue weighted by Crippen LogP contribution is -1.99. The van der Waals surface area contributed by atoms with Crippen molar-refractivity contribution in [1.29, 1.82) is 0 Å². The van der Waals surface area contributed by atoms with Gasteiger partial charge in [-0.3, -0.25) is 0 Å². The number of phenolic OH excluding ortho intramolecular Hbond substituents is 3. The third-order valence-electron chi connectivity index (χ3n) is 2.40. The summed E-state index contributed by atoms with van der Waals surface area (Å²) in [6, 6.07) is 7.10. The van der Waals surface area contributed by atoms with E-state index in [9.17, 15) is 15.3 Å². The molecule has 0 radical (unpaired) electrons. The zero-order valence-electron chi connectivity index (χ0n) is 8.54. The molecule has 0 amide bonds. The summed E-state index contributed by atoms with van der Waals surface area (Å²) in [5.41, 5.74) is 0. The van der Waals surface area contributed by atoms with Gasteiger partial charge in [0.1, 0.15) is 5.75 Å². The highest BCUT2D eigenvalue weighted by molar-refractivity contribution is 5.64. The van der Waals surface area contributed by atoms with Gasteiger partial charge in [-0.05, 0) is 12.1 Å². The van der Waals surface area contributed by atoms with Crippen LogP contribution in [0.4, 0.5) is 0 Å². The van der Waals surface area contributed by atoms with Crippen LogP contribution in [0.5, 0.6) is 40.2 Å². The van der Waals surface area contributed by atoms with Gasteiger partial charge in [-0.1, -0.05) is 6.07 Å². The van der Waals surface area contributed by atoms with E-state index in [0.29, 0.717) is 5.75 Å². The van der Waals surface area contributed by atoms with Crippen molar-refractivity contribution >= 4 is 0 Å². The van der Waals surface area contributed by atoms with E-state index < -0.39 is 0 Å². The number of hydrogen-bond acceptors (Lipinski definition) is 5. The highest BCUT2D eigenvalue weighted by atomic mass is 16.6. The molecular weight excluding hydrogens is 224 g/mol. The average molecular weight is 232 g/mol. The molecule has 0 aliphatic carbocycles. The summed E-state index contributed by atoms with van der Waals surface area (Å²) in [6.45, 7) is 0. The molecule has 5 heteroatoms. The van der Waals surface area contributed by atoms with E-state index in [1.54, 1.807) is 12.1 Å². The molecule has 0 saturated carbocycles. The third kappa shape index (κ3) is 1.40. The fraction of sp³-hybridized carbons (Fsp3) is 0. The zero-order chi connectivity index (χ0) is 12.0. The second kappa shape index (κ2) is 3.21. The first-order valence-electron chi connectivity index (χ1n) is 4.89. The third-order valence-corrected chi connectivity index (χ3v) is 2.40. The van der Waals surface area contributed by atoms with E-state index in [0.717, 1.165) is 6.07 Å². The van der Waals surface area contributed by atoms with Gasteiger partial charge in [0.15, 0.2) is 23.0 Å². The van der Waals surface area contributed by atoms with Gasteiger partial charge in [0.25, 0.3) is 0 Å². The summed E-state index contributed by atoms with van der Waals surface area (Å²) in [5.74, 6) is 0.273.